The monoisotopic (exact) mass is 358 g/mol. The number of carboxylic acids is 1. The minimum Gasteiger partial charge on any atom is -0.481 e. The van der Waals surface area contributed by atoms with E-state index in [1.165, 1.54) is 0 Å². The van der Waals surface area contributed by atoms with E-state index in [-0.39, 0.29) is 24.3 Å². The van der Waals surface area contributed by atoms with Gasteiger partial charge in [0.15, 0.2) is 0 Å². The summed E-state index contributed by atoms with van der Waals surface area (Å²) in [6, 6.07) is 8.99. The van der Waals surface area contributed by atoms with Gasteiger partial charge in [0.2, 0.25) is 5.91 Å². The standard InChI is InChI=1S/C20H26N2O4/c1-14-11-16(18(24)25)13-21(12-14)19(26)20(2)9-6-10-22(20)17(23)15-7-4-3-5-8-15/h3-5,7-8,14,16H,6,9-13H2,1-2H3,(H,24,25). The molecule has 1 aromatic rings. The van der Waals surface area contributed by atoms with Gasteiger partial charge in [-0.25, -0.2) is 0 Å². The molecule has 1 N–H and O–H groups in total. The van der Waals surface area contributed by atoms with E-state index in [0.717, 1.165) is 6.42 Å². The largest absolute Gasteiger partial charge is 0.481 e. The molecule has 6 nitrogen and oxygen atoms in total. The molecule has 0 radical (unpaired) electrons. The Kier molecular flexibility index (Phi) is 5.03. The molecule has 3 atom stereocenters. The molecule has 2 aliphatic rings. The Hall–Kier alpha value is -2.37. The lowest BCUT2D eigenvalue weighted by Crippen LogP contribution is -2.59. The van der Waals surface area contributed by atoms with Gasteiger partial charge in [-0.3, -0.25) is 14.4 Å². The van der Waals surface area contributed by atoms with Crippen molar-refractivity contribution >= 4 is 17.8 Å². The van der Waals surface area contributed by atoms with Crippen LogP contribution in [0.1, 0.15) is 43.5 Å². The number of carbonyl (C=O) groups excluding carboxylic acids is 2. The second-order valence-corrected chi connectivity index (χ2v) is 7.79. The Balaban J connectivity index is 1.82. The number of hydrogen-bond acceptors (Lipinski definition) is 3. The zero-order chi connectivity index (χ0) is 18.9. The Bertz CT molecular complexity index is 705. The highest BCUT2D eigenvalue weighted by Crippen LogP contribution is 2.34. The molecule has 0 aliphatic carbocycles. The highest BCUT2D eigenvalue weighted by molar-refractivity contribution is 5.99. The van der Waals surface area contributed by atoms with Crippen LogP contribution in [0.15, 0.2) is 30.3 Å². The van der Waals surface area contributed by atoms with Crippen molar-refractivity contribution < 1.29 is 19.5 Å². The topological polar surface area (TPSA) is 77.9 Å². The first-order valence-electron chi connectivity index (χ1n) is 9.22. The first-order valence-corrected chi connectivity index (χ1v) is 9.22. The van der Waals surface area contributed by atoms with Crippen molar-refractivity contribution in [1.29, 1.82) is 0 Å². The van der Waals surface area contributed by atoms with Crippen molar-refractivity contribution in [2.75, 3.05) is 19.6 Å². The molecule has 26 heavy (non-hydrogen) atoms. The minimum atomic E-state index is -0.910. The van der Waals surface area contributed by atoms with Gasteiger partial charge in [-0.05, 0) is 44.2 Å². The number of carboxylic acid groups (broad SMARTS) is 1. The van der Waals surface area contributed by atoms with Crippen molar-refractivity contribution in [3.8, 4) is 0 Å². The number of nitrogens with zero attached hydrogens (tertiary/aromatic N) is 2. The van der Waals surface area contributed by atoms with Crippen LogP contribution in [0.25, 0.3) is 0 Å². The van der Waals surface area contributed by atoms with Crippen LogP contribution in [-0.2, 0) is 9.59 Å². The number of likely N-dealkylation sites (tertiary alicyclic amines) is 2. The molecular weight excluding hydrogens is 332 g/mol. The van der Waals surface area contributed by atoms with Crippen LogP contribution in [0, 0.1) is 11.8 Å². The van der Waals surface area contributed by atoms with Gasteiger partial charge in [0.1, 0.15) is 5.54 Å². The van der Waals surface area contributed by atoms with Crippen LogP contribution in [-0.4, -0.2) is 57.9 Å². The number of piperidine rings is 1. The number of carbonyl (C=O) groups is 3. The first kappa shape index (κ1) is 18.4. The second-order valence-electron chi connectivity index (χ2n) is 7.79. The molecule has 0 saturated carbocycles. The lowest BCUT2D eigenvalue weighted by atomic mass is 9.88. The third-order valence-corrected chi connectivity index (χ3v) is 5.66. The summed E-state index contributed by atoms with van der Waals surface area (Å²) in [5.41, 5.74) is -0.337. The Morgan fingerprint density at radius 2 is 1.85 bits per heavy atom. The number of hydrogen-bond donors (Lipinski definition) is 1. The molecule has 6 heteroatoms. The van der Waals surface area contributed by atoms with Crippen molar-refractivity contribution in [2.24, 2.45) is 11.8 Å². The maximum atomic E-state index is 13.3. The van der Waals surface area contributed by atoms with Crippen molar-refractivity contribution in [1.82, 2.24) is 9.80 Å². The normalized spacial score (nSPS) is 28.8. The van der Waals surface area contributed by atoms with Crippen LogP contribution in [0.3, 0.4) is 0 Å². The summed E-state index contributed by atoms with van der Waals surface area (Å²) < 4.78 is 0. The van der Waals surface area contributed by atoms with E-state index in [1.807, 2.05) is 32.0 Å². The molecule has 2 heterocycles. The van der Waals surface area contributed by atoms with Crippen molar-refractivity contribution in [3.63, 3.8) is 0 Å². The molecule has 1 aromatic carbocycles. The maximum absolute atomic E-state index is 13.3. The molecule has 3 rings (SSSR count). The quantitative estimate of drug-likeness (QED) is 0.899. The summed E-state index contributed by atoms with van der Waals surface area (Å²) in [5, 5.41) is 9.37. The van der Waals surface area contributed by atoms with E-state index < -0.39 is 17.4 Å². The zero-order valence-electron chi connectivity index (χ0n) is 15.4. The van der Waals surface area contributed by atoms with Gasteiger partial charge in [-0.2, -0.15) is 0 Å². The maximum Gasteiger partial charge on any atom is 0.308 e. The molecule has 0 aromatic heterocycles. The van der Waals surface area contributed by atoms with Crippen LogP contribution < -0.4 is 0 Å². The third-order valence-electron chi connectivity index (χ3n) is 5.66. The molecule has 2 fully saturated rings. The van der Waals surface area contributed by atoms with Crippen LogP contribution in [0.4, 0.5) is 0 Å². The minimum absolute atomic E-state index is 0.128. The molecule has 0 bridgehead atoms. The van der Waals surface area contributed by atoms with Gasteiger partial charge < -0.3 is 14.9 Å². The average Bonchev–Trinajstić information content (AvgIpc) is 3.03. The summed E-state index contributed by atoms with van der Waals surface area (Å²) in [4.78, 5) is 41.0. The number of aliphatic carboxylic acids is 1. The Morgan fingerprint density at radius 3 is 2.50 bits per heavy atom. The lowest BCUT2D eigenvalue weighted by molar-refractivity contribution is -0.150. The SMILES string of the molecule is CC1CC(C(=O)O)CN(C(=O)C2(C)CCCN2C(=O)c2ccccc2)C1. The number of rotatable bonds is 3. The number of amides is 2. The van der Waals surface area contributed by atoms with Gasteiger partial charge >= 0.3 is 5.97 Å². The fourth-order valence-corrected chi connectivity index (χ4v) is 4.28. The van der Waals surface area contributed by atoms with E-state index in [4.69, 9.17) is 0 Å². The molecule has 2 aliphatic heterocycles. The van der Waals surface area contributed by atoms with E-state index in [0.29, 0.717) is 31.5 Å². The van der Waals surface area contributed by atoms with Gasteiger partial charge in [-0.1, -0.05) is 25.1 Å². The van der Waals surface area contributed by atoms with E-state index in [9.17, 15) is 19.5 Å². The summed E-state index contributed by atoms with van der Waals surface area (Å²) in [7, 11) is 0. The highest BCUT2D eigenvalue weighted by atomic mass is 16.4. The first-order chi connectivity index (χ1) is 12.3. The smallest absolute Gasteiger partial charge is 0.308 e. The van der Waals surface area contributed by atoms with Gasteiger partial charge in [0.05, 0.1) is 5.92 Å². The number of benzene rings is 1. The molecular formula is C20H26N2O4. The van der Waals surface area contributed by atoms with Crippen LogP contribution >= 0.6 is 0 Å². The summed E-state index contributed by atoms with van der Waals surface area (Å²) >= 11 is 0. The van der Waals surface area contributed by atoms with E-state index in [1.54, 1.807) is 21.9 Å². The van der Waals surface area contributed by atoms with Gasteiger partial charge in [-0.15, -0.1) is 0 Å². The molecule has 3 unspecified atom stereocenters. The van der Waals surface area contributed by atoms with Crippen LogP contribution in [0.2, 0.25) is 0 Å². The average molecular weight is 358 g/mol. The second kappa shape index (κ2) is 7.09. The van der Waals surface area contributed by atoms with E-state index in [2.05, 4.69) is 0 Å². The predicted molar refractivity (Wildman–Crippen MR) is 96.6 cm³/mol. The van der Waals surface area contributed by atoms with E-state index >= 15 is 0 Å². The summed E-state index contributed by atoms with van der Waals surface area (Å²) in [6.45, 7) is 5.10. The van der Waals surface area contributed by atoms with Crippen molar-refractivity contribution in [2.45, 2.75) is 38.6 Å². The zero-order valence-corrected chi connectivity index (χ0v) is 15.4. The fourth-order valence-electron chi connectivity index (χ4n) is 4.28. The summed E-state index contributed by atoms with van der Waals surface area (Å²) in [5.74, 6) is -1.53. The predicted octanol–water partition coefficient (Wildman–Crippen LogP) is 2.25. The Labute approximate surface area is 153 Å². The molecule has 2 saturated heterocycles. The molecule has 0 spiro atoms. The van der Waals surface area contributed by atoms with Gasteiger partial charge in [0, 0.05) is 25.2 Å². The van der Waals surface area contributed by atoms with Gasteiger partial charge in [0.25, 0.3) is 5.91 Å². The third kappa shape index (κ3) is 3.32. The fraction of sp³-hybridized carbons (Fsp3) is 0.550. The molecule has 2 amide bonds. The molecule has 140 valence electrons. The van der Waals surface area contributed by atoms with Crippen LogP contribution in [0.5, 0.6) is 0 Å². The van der Waals surface area contributed by atoms with Crippen molar-refractivity contribution in [3.05, 3.63) is 35.9 Å². The Morgan fingerprint density at radius 1 is 1.15 bits per heavy atom. The lowest BCUT2D eigenvalue weighted by Gasteiger charge is -2.42. The summed E-state index contributed by atoms with van der Waals surface area (Å²) in [6.07, 6.45) is 1.96. The highest BCUT2D eigenvalue weighted by Gasteiger charge is 2.49.